The number of nitrogens with zero attached hydrogens (tertiary/aromatic N) is 2. The smallest absolute Gasteiger partial charge is 0.320 e. The van der Waals surface area contributed by atoms with Gasteiger partial charge in [-0.1, -0.05) is 0 Å². The molecule has 2 heterocycles. The van der Waals surface area contributed by atoms with Crippen LogP contribution in [0.25, 0.3) is 0 Å². The third kappa shape index (κ3) is 3.40. The summed E-state index contributed by atoms with van der Waals surface area (Å²) in [6.45, 7) is 3.18. The molecule has 7 heteroatoms. The van der Waals surface area contributed by atoms with E-state index in [0.29, 0.717) is 19.6 Å². The van der Waals surface area contributed by atoms with Crippen molar-refractivity contribution in [3.05, 3.63) is 0 Å². The second-order valence-electron chi connectivity index (χ2n) is 5.53. The van der Waals surface area contributed by atoms with Crippen molar-refractivity contribution in [2.75, 3.05) is 26.2 Å². The minimum Gasteiger partial charge on any atom is -0.481 e. The van der Waals surface area contributed by atoms with Gasteiger partial charge in [0.2, 0.25) is 0 Å². The number of ether oxygens (including phenoxy) is 1. The van der Waals surface area contributed by atoms with Crippen LogP contribution in [0.5, 0.6) is 0 Å². The van der Waals surface area contributed by atoms with E-state index in [1.165, 1.54) is 0 Å². The number of likely N-dealkylation sites (tertiary alicyclic amines) is 1. The molecule has 2 aliphatic heterocycles. The zero-order valence-electron chi connectivity index (χ0n) is 11.7. The number of urea groups is 1. The minimum absolute atomic E-state index is 0.00490. The molecule has 2 amide bonds. The molecule has 20 heavy (non-hydrogen) atoms. The Kier molecular flexibility index (Phi) is 4.82. The monoisotopic (exact) mass is 286 g/mol. The molecule has 2 aliphatic rings. The molecule has 0 aromatic carbocycles. The molecule has 0 spiro atoms. The topological polar surface area (TPSA) is 90.3 Å². The molecule has 2 N–H and O–H groups in total. The summed E-state index contributed by atoms with van der Waals surface area (Å²) in [7, 11) is 0. The number of carboxylic acids is 1. The maximum Gasteiger partial charge on any atom is 0.320 e. The van der Waals surface area contributed by atoms with Gasteiger partial charge in [-0.3, -0.25) is 4.79 Å². The highest BCUT2D eigenvalue weighted by atomic mass is 16.5. The fourth-order valence-electron chi connectivity index (χ4n) is 2.99. The standard InChI is InChI=1S/C13H22N2O5/c1-9-6-14(7-11(8-16)20-9)13(19)15-4-2-3-10(15)5-12(17)18/h9-11,16H,2-8H2,1H3,(H,17,18). The van der Waals surface area contributed by atoms with Crippen molar-refractivity contribution in [3.8, 4) is 0 Å². The Labute approximate surface area is 118 Å². The number of aliphatic hydroxyl groups excluding tert-OH is 1. The molecule has 2 fully saturated rings. The zero-order valence-corrected chi connectivity index (χ0v) is 11.7. The molecule has 7 nitrogen and oxygen atoms in total. The molecule has 2 saturated heterocycles. The van der Waals surface area contributed by atoms with E-state index in [2.05, 4.69) is 0 Å². The Bertz CT molecular complexity index is 376. The summed E-state index contributed by atoms with van der Waals surface area (Å²) >= 11 is 0. The van der Waals surface area contributed by atoms with E-state index in [4.69, 9.17) is 9.84 Å². The number of carboxylic acid groups (broad SMARTS) is 1. The molecular formula is C13H22N2O5. The summed E-state index contributed by atoms with van der Waals surface area (Å²) in [5.74, 6) is -0.877. The first-order chi connectivity index (χ1) is 9.51. The lowest BCUT2D eigenvalue weighted by atomic mass is 10.1. The average Bonchev–Trinajstić information content (AvgIpc) is 2.84. The predicted octanol–water partition coefficient (Wildman–Crippen LogP) is 0.127. The number of morpholine rings is 1. The number of aliphatic hydroxyl groups is 1. The lowest BCUT2D eigenvalue weighted by molar-refractivity contribution is -0.138. The van der Waals surface area contributed by atoms with Crippen LogP contribution in [0.3, 0.4) is 0 Å². The van der Waals surface area contributed by atoms with Gasteiger partial charge in [-0.05, 0) is 19.8 Å². The number of rotatable bonds is 3. The van der Waals surface area contributed by atoms with Crippen molar-refractivity contribution in [1.29, 1.82) is 0 Å². The SMILES string of the molecule is CC1CN(C(=O)N2CCCC2CC(=O)O)CC(CO)O1. The molecule has 0 radical (unpaired) electrons. The highest BCUT2D eigenvalue weighted by Crippen LogP contribution is 2.23. The normalized spacial score (nSPS) is 30.6. The quantitative estimate of drug-likeness (QED) is 0.769. The lowest BCUT2D eigenvalue weighted by Gasteiger charge is -2.39. The van der Waals surface area contributed by atoms with Crippen LogP contribution in [-0.2, 0) is 9.53 Å². The second-order valence-corrected chi connectivity index (χ2v) is 5.53. The van der Waals surface area contributed by atoms with Crippen molar-refractivity contribution >= 4 is 12.0 Å². The van der Waals surface area contributed by atoms with Crippen LogP contribution in [-0.4, -0.2) is 76.5 Å². The Morgan fingerprint density at radius 1 is 1.35 bits per heavy atom. The van der Waals surface area contributed by atoms with Gasteiger partial charge < -0.3 is 24.7 Å². The number of hydrogen-bond acceptors (Lipinski definition) is 4. The van der Waals surface area contributed by atoms with Crippen molar-refractivity contribution in [2.45, 2.75) is 44.4 Å². The minimum atomic E-state index is -0.877. The van der Waals surface area contributed by atoms with Gasteiger partial charge in [0.1, 0.15) is 0 Å². The molecule has 0 aliphatic carbocycles. The van der Waals surface area contributed by atoms with Crippen molar-refractivity contribution in [1.82, 2.24) is 9.80 Å². The third-order valence-corrected chi connectivity index (χ3v) is 3.83. The zero-order chi connectivity index (χ0) is 14.7. The molecule has 114 valence electrons. The highest BCUT2D eigenvalue weighted by Gasteiger charge is 2.36. The van der Waals surface area contributed by atoms with Crippen LogP contribution < -0.4 is 0 Å². The average molecular weight is 286 g/mol. The molecule has 0 aromatic rings. The van der Waals surface area contributed by atoms with Crippen molar-refractivity contribution in [2.24, 2.45) is 0 Å². The van der Waals surface area contributed by atoms with Gasteiger partial charge in [0, 0.05) is 19.1 Å². The van der Waals surface area contributed by atoms with Crippen molar-refractivity contribution < 1.29 is 24.5 Å². The Balaban J connectivity index is 2.00. The van der Waals surface area contributed by atoms with E-state index in [9.17, 15) is 14.7 Å². The molecule has 3 atom stereocenters. The first kappa shape index (κ1) is 15.1. The van der Waals surface area contributed by atoms with Crippen LogP contribution in [0.2, 0.25) is 0 Å². The summed E-state index contributed by atoms with van der Waals surface area (Å²) in [4.78, 5) is 26.7. The number of hydrogen-bond donors (Lipinski definition) is 2. The molecule has 0 saturated carbocycles. The molecular weight excluding hydrogens is 264 g/mol. The number of aliphatic carboxylic acids is 1. The van der Waals surface area contributed by atoms with Gasteiger partial charge in [-0.25, -0.2) is 4.79 Å². The maximum absolute atomic E-state index is 12.5. The highest BCUT2D eigenvalue weighted by molar-refractivity contribution is 5.76. The fourth-order valence-corrected chi connectivity index (χ4v) is 2.99. The van der Waals surface area contributed by atoms with E-state index < -0.39 is 5.97 Å². The summed E-state index contributed by atoms with van der Waals surface area (Å²) in [5, 5.41) is 18.1. The van der Waals surface area contributed by atoms with Crippen LogP contribution in [0.4, 0.5) is 4.79 Å². The second kappa shape index (κ2) is 6.41. The third-order valence-electron chi connectivity index (χ3n) is 3.83. The first-order valence-electron chi connectivity index (χ1n) is 7.05. The summed E-state index contributed by atoms with van der Waals surface area (Å²) < 4.78 is 5.51. The molecule has 0 aromatic heterocycles. The van der Waals surface area contributed by atoms with E-state index >= 15 is 0 Å². The van der Waals surface area contributed by atoms with Gasteiger partial charge in [0.15, 0.2) is 0 Å². The van der Waals surface area contributed by atoms with Crippen molar-refractivity contribution in [3.63, 3.8) is 0 Å². The lowest BCUT2D eigenvalue weighted by Crippen LogP contribution is -2.55. The molecule has 2 rings (SSSR count). The van der Waals surface area contributed by atoms with Gasteiger partial charge >= 0.3 is 12.0 Å². The van der Waals surface area contributed by atoms with Gasteiger partial charge in [0.05, 0.1) is 31.8 Å². The fraction of sp³-hybridized carbons (Fsp3) is 0.846. The predicted molar refractivity (Wildman–Crippen MR) is 70.4 cm³/mol. The van der Waals surface area contributed by atoms with Crippen LogP contribution in [0.1, 0.15) is 26.2 Å². The Morgan fingerprint density at radius 2 is 2.10 bits per heavy atom. The van der Waals surface area contributed by atoms with Gasteiger partial charge in [0.25, 0.3) is 0 Å². The summed E-state index contributed by atoms with van der Waals surface area (Å²) in [6, 6.07) is -0.354. The van der Waals surface area contributed by atoms with Gasteiger partial charge in [-0.15, -0.1) is 0 Å². The number of carbonyl (C=O) groups excluding carboxylic acids is 1. The van der Waals surface area contributed by atoms with E-state index in [1.807, 2.05) is 6.92 Å². The Hall–Kier alpha value is -1.34. The summed E-state index contributed by atoms with van der Waals surface area (Å²) in [6.07, 6.45) is 1.09. The van der Waals surface area contributed by atoms with Crippen LogP contribution in [0, 0.1) is 0 Å². The number of amides is 2. The molecule has 0 bridgehead atoms. The van der Waals surface area contributed by atoms with Gasteiger partial charge in [-0.2, -0.15) is 0 Å². The largest absolute Gasteiger partial charge is 0.481 e. The van der Waals surface area contributed by atoms with E-state index in [1.54, 1.807) is 9.80 Å². The summed E-state index contributed by atoms with van der Waals surface area (Å²) in [5.41, 5.74) is 0. The maximum atomic E-state index is 12.5. The Morgan fingerprint density at radius 3 is 2.75 bits per heavy atom. The first-order valence-corrected chi connectivity index (χ1v) is 7.05. The van der Waals surface area contributed by atoms with Crippen LogP contribution in [0.15, 0.2) is 0 Å². The van der Waals surface area contributed by atoms with E-state index in [-0.39, 0.29) is 37.3 Å². The molecule has 3 unspecified atom stereocenters. The van der Waals surface area contributed by atoms with E-state index in [0.717, 1.165) is 12.8 Å². The van der Waals surface area contributed by atoms with Crippen LogP contribution >= 0.6 is 0 Å². The number of carbonyl (C=O) groups is 2.